The zero-order valence-electron chi connectivity index (χ0n) is 7.62. The molecule has 0 aliphatic carbocycles. The Balaban J connectivity index is 2.24. The van der Waals surface area contributed by atoms with E-state index in [1.807, 2.05) is 12.1 Å². The molecule has 0 spiro atoms. The number of aryl methyl sites for hydroxylation is 1. The normalized spacial score (nSPS) is 14.8. The van der Waals surface area contributed by atoms with Gasteiger partial charge in [0.15, 0.2) is 0 Å². The predicted molar refractivity (Wildman–Crippen MR) is 51.0 cm³/mol. The van der Waals surface area contributed by atoms with Gasteiger partial charge in [-0.25, -0.2) is 0 Å². The van der Waals surface area contributed by atoms with Gasteiger partial charge in [0.05, 0.1) is 6.61 Å². The average molecular weight is 178 g/mol. The third-order valence-corrected chi connectivity index (χ3v) is 2.37. The molecule has 2 rings (SSSR count). The summed E-state index contributed by atoms with van der Waals surface area (Å²) >= 11 is 0. The molecule has 0 aromatic heterocycles. The number of fused-ring (bicyclic) bond motifs is 1. The standard InChI is InChI=1S/C11H14O2/c12-6-5-9-3-4-11-10(8-9)2-1-7-13-11/h3-4,8,12H,1-2,5-7H2. The van der Waals surface area contributed by atoms with Crippen LogP contribution < -0.4 is 4.74 Å². The van der Waals surface area contributed by atoms with E-state index in [-0.39, 0.29) is 6.61 Å². The summed E-state index contributed by atoms with van der Waals surface area (Å²) < 4.78 is 5.49. The van der Waals surface area contributed by atoms with Gasteiger partial charge in [-0.2, -0.15) is 0 Å². The molecule has 70 valence electrons. The van der Waals surface area contributed by atoms with Gasteiger partial charge in [-0.05, 0) is 36.5 Å². The molecule has 1 aliphatic rings. The molecule has 2 heteroatoms. The van der Waals surface area contributed by atoms with E-state index in [4.69, 9.17) is 9.84 Å². The molecule has 0 fully saturated rings. The van der Waals surface area contributed by atoms with Gasteiger partial charge in [0.2, 0.25) is 0 Å². The second-order valence-corrected chi connectivity index (χ2v) is 3.37. The summed E-state index contributed by atoms with van der Waals surface area (Å²) in [7, 11) is 0. The Morgan fingerprint density at radius 1 is 1.38 bits per heavy atom. The summed E-state index contributed by atoms with van der Waals surface area (Å²) in [5.74, 6) is 1.02. The van der Waals surface area contributed by atoms with E-state index in [1.54, 1.807) is 0 Å². The van der Waals surface area contributed by atoms with Crippen LogP contribution in [0, 0.1) is 0 Å². The first-order valence-corrected chi connectivity index (χ1v) is 4.75. The van der Waals surface area contributed by atoms with Gasteiger partial charge < -0.3 is 9.84 Å². The molecule has 1 aliphatic heterocycles. The van der Waals surface area contributed by atoms with Crippen LogP contribution in [0.5, 0.6) is 5.75 Å². The topological polar surface area (TPSA) is 29.5 Å². The largest absolute Gasteiger partial charge is 0.493 e. The summed E-state index contributed by atoms with van der Waals surface area (Å²) in [4.78, 5) is 0. The van der Waals surface area contributed by atoms with Crippen molar-refractivity contribution in [3.63, 3.8) is 0 Å². The lowest BCUT2D eigenvalue weighted by Crippen LogP contribution is -2.08. The number of ether oxygens (including phenoxy) is 1. The van der Waals surface area contributed by atoms with Crippen molar-refractivity contribution in [3.05, 3.63) is 29.3 Å². The van der Waals surface area contributed by atoms with E-state index < -0.39 is 0 Å². The third-order valence-electron chi connectivity index (χ3n) is 2.37. The molecule has 1 N–H and O–H groups in total. The SMILES string of the molecule is OCCc1ccc2c(c1)CCCO2. The van der Waals surface area contributed by atoms with Crippen LogP contribution >= 0.6 is 0 Å². The molecule has 0 saturated carbocycles. The van der Waals surface area contributed by atoms with E-state index in [9.17, 15) is 0 Å². The summed E-state index contributed by atoms with van der Waals surface area (Å²) in [5, 5.41) is 8.79. The van der Waals surface area contributed by atoms with Crippen LogP contribution in [-0.2, 0) is 12.8 Å². The molecule has 0 radical (unpaired) electrons. The zero-order valence-corrected chi connectivity index (χ0v) is 7.62. The van der Waals surface area contributed by atoms with Crippen LogP contribution in [0.25, 0.3) is 0 Å². The Kier molecular flexibility index (Phi) is 2.50. The van der Waals surface area contributed by atoms with Gasteiger partial charge >= 0.3 is 0 Å². The van der Waals surface area contributed by atoms with Crippen molar-refractivity contribution < 1.29 is 9.84 Å². The monoisotopic (exact) mass is 178 g/mol. The van der Waals surface area contributed by atoms with Crippen molar-refractivity contribution in [1.82, 2.24) is 0 Å². The fourth-order valence-electron chi connectivity index (χ4n) is 1.70. The molecule has 1 aromatic carbocycles. The van der Waals surface area contributed by atoms with Crippen LogP contribution in [0.1, 0.15) is 17.5 Å². The zero-order chi connectivity index (χ0) is 9.10. The molecule has 13 heavy (non-hydrogen) atoms. The van der Waals surface area contributed by atoms with Gasteiger partial charge in [-0.3, -0.25) is 0 Å². The average Bonchev–Trinajstić information content (AvgIpc) is 2.18. The van der Waals surface area contributed by atoms with Crippen LogP contribution in [0.15, 0.2) is 18.2 Å². The van der Waals surface area contributed by atoms with Gasteiger partial charge in [-0.1, -0.05) is 12.1 Å². The first kappa shape index (κ1) is 8.57. The minimum atomic E-state index is 0.222. The number of benzene rings is 1. The summed E-state index contributed by atoms with van der Waals surface area (Å²) in [6.45, 7) is 1.06. The quantitative estimate of drug-likeness (QED) is 0.744. The third kappa shape index (κ3) is 1.83. The number of hydrogen-bond acceptors (Lipinski definition) is 2. The summed E-state index contributed by atoms with van der Waals surface area (Å²) in [6, 6.07) is 6.19. The second-order valence-electron chi connectivity index (χ2n) is 3.37. The van der Waals surface area contributed by atoms with E-state index >= 15 is 0 Å². The predicted octanol–water partition coefficient (Wildman–Crippen LogP) is 1.55. The van der Waals surface area contributed by atoms with Crippen LogP contribution in [0.2, 0.25) is 0 Å². The first-order valence-electron chi connectivity index (χ1n) is 4.75. The lowest BCUT2D eigenvalue weighted by Gasteiger charge is -2.17. The lowest BCUT2D eigenvalue weighted by molar-refractivity contribution is 0.287. The molecule has 0 bridgehead atoms. The number of aliphatic hydroxyl groups is 1. The Bertz CT molecular complexity index is 294. The van der Waals surface area contributed by atoms with Crippen molar-refractivity contribution in [1.29, 1.82) is 0 Å². The number of aliphatic hydroxyl groups excluding tert-OH is 1. The molecule has 1 aromatic rings. The lowest BCUT2D eigenvalue weighted by atomic mass is 10.0. The molecule has 1 heterocycles. The second kappa shape index (κ2) is 3.79. The molecule has 0 unspecified atom stereocenters. The Morgan fingerprint density at radius 2 is 2.31 bits per heavy atom. The van der Waals surface area contributed by atoms with Crippen molar-refractivity contribution in [2.75, 3.05) is 13.2 Å². The fraction of sp³-hybridized carbons (Fsp3) is 0.455. The minimum absolute atomic E-state index is 0.222. The van der Waals surface area contributed by atoms with E-state index in [2.05, 4.69) is 6.07 Å². The minimum Gasteiger partial charge on any atom is -0.493 e. The fourth-order valence-corrected chi connectivity index (χ4v) is 1.70. The van der Waals surface area contributed by atoms with Gasteiger partial charge in [0, 0.05) is 6.61 Å². The first-order chi connectivity index (χ1) is 6.40. The van der Waals surface area contributed by atoms with Crippen molar-refractivity contribution in [2.24, 2.45) is 0 Å². The number of hydrogen-bond donors (Lipinski definition) is 1. The highest BCUT2D eigenvalue weighted by Crippen LogP contribution is 2.25. The Morgan fingerprint density at radius 3 is 3.15 bits per heavy atom. The Labute approximate surface area is 78.2 Å². The highest BCUT2D eigenvalue weighted by molar-refractivity contribution is 5.38. The van der Waals surface area contributed by atoms with E-state index in [0.29, 0.717) is 0 Å². The smallest absolute Gasteiger partial charge is 0.122 e. The molecular weight excluding hydrogens is 164 g/mol. The maximum Gasteiger partial charge on any atom is 0.122 e. The highest BCUT2D eigenvalue weighted by Gasteiger charge is 2.09. The molecule has 0 atom stereocenters. The molecular formula is C11H14O2. The van der Waals surface area contributed by atoms with Crippen LogP contribution in [-0.4, -0.2) is 18.3 Å². The van der Waals surface area contributed by atoms with Crippen LogP contribution in [0.4, 0.5) is 0 Å². The van der Waals surface area contributed by atoms with Gasteiger partial charge in [0.25, 0.3) is 0 Å². The molecule has 0 saturated heterocycles. The van der Waals surface area contributed by atoms with Crippen LogP contribution in [0.3, 0.4) is 0 Å². The number of rotatable bonds is 2. The van der Waals surface area contributed by atoms with Gasteiger partial charge in [0.1, 0.15) is 5.75 Å². The van der Waals surface area contributed by atoms with Gasteiger partial charge in [-0.15, -0.1) is 0 Å². The summed E-state index contributed by atoms with van der Waals surface area (Å²) in [6.07, 6.45) is 2.96. The Hall–Kier alpha value is -1.02. The van der Waals surface area contributed by atoms with Crippen molar-refractivity contribution >= 4 is 0 Å². The van der Waals surface area contributed by atoms with E-state index in [1.165, 1.54) is 11.1 Å². The molecule has 2 nitrogen and oxygen atoms in total. The van der Waals surface area contributed by atoms with Crippen molar-refractivity contribution in [3.8, 4) is 5.75 Å². The highest BCUT2D eigenvalue weighted by atomic mass is 16.5. The van der Waals surface area contributed by atoms with Crippen molar-refractivity contribution in [2.45, 2.75) is 19.3 Å². The maximum absolute atomic E-state index is 8.79. The maximum atomic E-state index is 8.79. The van der Waals surface area contributed by atoms with E-state index in [0.717, 1.165) is 31.6 Å². The molecule has 0 amide bonds. The summed E-state index contributed by atoms with van der Waals surface area (Å²) in [5.41, 5.74) is 2.49.